The molecule has 0 radical (unpaired) electrons. The van der Waals surface area contributed by atoms with Crippen LogP contribution in [-0.4, -0.2) is 5.54 Å². The van der Waals surface area contributed by atoms with Crippen LogP contribution in [-0.2, 0) is 0 Å². The Morgan fingerprint density at radius 2 is 2.00 bits per heavy atom. The summed E-state index contributed by atoms with van der Waals surface area (Å²) in [5, 5.41) is 3.57. The van der Waals surface area contributed by atoms with Gasteiger partial charge in [-0.05, 0) is 30.2 Å². The van der Waals surface area contributed by atoms with Crippen LogP contribution in [0.5, 0.6) is 0 Å². The molecule has 1 N–H and O–H groups in total. The smallest absolute Gasteiger partial charge is 0.0784 e. The number of fused-ring (bicyclic) bond motifs is 2. The average molecular weight is 195 g/mol. The van der Waals surface area contributed by atoms with Gasteiger partial charge in [0.05, 0.1) is 5.54 Å². The fourth-order valence-electron chi connectivity index (χ4n) is 2.17. The molecular weight excluding hydrogens is 182 g/mol. The van der Waals surface area contributed by atoms with Gasteiger partial charge in [0.25, 0.3) is 0 Å². The van der Waals surface area contributed by atoms with Gasteiger partial charge < -0.3 is 5.32 Å². The number of para-hydroxylation sites is 1. The van der Waals surface area contributed by atoms with Crippen LogP contribution in [0.15, 0.2) is 54.1 Å². The largest absolute Gasteiger partial charge is 0.372 e. The third-order valence-corrected chi connectivity index (χ3v) is 3.08. The van der Waals surface area contributed by atoms with Crippen molar-refractivity contribution in [2.75, 3.05) is 5.32 Å². The maximum absolute atomic E-state index is 3.57. The average Bonchev–Trinajstić information content (AvgIpc) is 2.25. The van der Waals surface area contributed by atoms with E-state index in [-0.39, 0.29) is 5.54 Å². The zero-order valence-electron chi connectivity index (χ0n) is 8.70. The monoisotopic (exact) mass is 195 g/mol. The minimum absolute atomic E-state index is 0.0386. The molecule has 0 spiro atoms. The molecule has 0 bridgehead atoms. The molecule has 0 aromatic heterocycles. The van der Waals surface area contributed by atoms with Gasteiger partial charge >= 0.3 is 0 Å². The van der Waals surface area contributed by atoms with E-state index in [1.54, 1.807) is 0 Å². The van der Waals surface area contributed by atoms with E-state index in [2.05, 4.69) is 66.9 Å². The maximum atomic E-state index is 3.57. The summed E-state index contributed by atoms with van der Waals surface area (Å²) in [6.45, 7) is 2.20. The standard InChI is InChI=1S/C14H13N/c1-14-9-5-4-7-12(14)10-11-6-2-3-8-13(11)15-14/h2-10,15H,1H3. The van der Waals surface area contributed by atoms with E-state index in [1.807, 2.05) is 0 Å². The summed E-state index contributed by atoms with van der Waals surface area (Å²) in [7, 11) is 0. The molecule has 1 aromatic rings. The zero-order valence-corrected chi connectivity index (χ0v) is 8.70. The van der Waals surface area contributed by atoms with Gasteiger partial charge in [0.15, 0.2) is 0 Å². The SMILES string of the molecule is CC12C=CC=CC1=Cc1ccccc1N2. The molecule has 1 aromatic carbocycles. The molecule has 1 heterocycles. The fourth-order valence-corrected chi connectivity index (χ4v) is 2.17. The van der Waals surface area contributed by atoms with Gasteiger partial charge in [-0.2, -0.15) is 0 Å². The molecular formula is C14H13N. The second kappa shape index (κ2) is 2.86. The lowest BCUT2D eigenvalue weighted by atomic mass is 9.83. The summed E-state index contributed by atoms with van der Waals surface area (Å²) in [6, 6.07) is 8.40. The van der Waals surface area contributed by atoms with E-state index < -0.39 is 0 Å². The van der Waals surface area contributed by atoms with Crippen LogP contribution in [0.2, 0.25) is 0 Å². The minimum Gasteiger partial charge on any atom is -0.372 e. The summed E-state index contributed by atoms with van der Waals surface area (Å²) in [5.41, 5.74) is 3.76. The molecule has 0 saturated carbocycles. The van der Waals surface area contributed by atoms with Crippen LogP contribution >= 0.6 is 0 Å². The van der Waals surface area contributed by atoms with E-state index in [9.17, 15) is 0 Å². The lowest BCUT2D eigenvalue weighted by Gasteiger charge is -2.36. The molecule has 1 atom stereocenters. The number of hydrogen-bond acceptors (Lipinski definition) is 1. The highest BCUT2D eigenvalue weighted by Crippen LogP contribution is 2.36. The van der Waals surface area contributed by atoms with Crippen molar-refractivity contribution in [2.24, 2.45) is 0 Å². The molecule has 1 heteroatoms. The number of rotatable bonds is 0. The van der Waals surface area contributed by atoms with Crippen molar-refractivity contribution < 1.29 is 0 Å². The van der Waals surface area contributed by atoms with Gasteiger partial charge in [-0.3, -0.25) is 0 Å². The number of hydrogen-bond donors (Lipinski definition) is 1. The quantitative estimate of drug-likeness (QED) is 0.669. The topological polar surface area (TPSA) is 12.0 Å². The van der Waals surface area contributed by atoms with Crippen molar-refractivity contribution in [3.05, 3.63) is 59.7 Å². The van der Waals surface area contributed by atoms with Crippen molar-refractivity contribution in [3.8, 4) is 0 Å². The van der Waals surface area contributed by atoms with Crippen molar-refractivity contribution >= 4 is 11.8 Å². The normalized spacial score (nSPS) is 26.3. The second-order valence-electron chi connectivity index (χ2n) is 4.23. The second-order valence-corrected chi connectivity index (χ2v) is 4.23. The van der Waals surface area contributed by atoms with Gasteiger partial charge in [-0.15, -0.1) is 0 Å². The highest BCUT2D eigenvalue weighted by Gasteiger charge is 2.29. The molecule has 1 aliphatic heterocycles. The molecule has 1 aliphatic carbocycles. The zero-order chi connectivity index (χ0) is 10.3. The lowest BCUT2D eigenvalue weighted by molar-refractivity contribution is 0.756. The molecule has 1 nitrogen and oxygen atoms in total. The van der Waals surface area contributed by atoms with Crippen molar-refractivity contribution in [3.63, 3.8) is 0 Å². The first-order valence-corrected chi connectivity index (χ1v) is 5.23. The number of nitrogens with one attached hydrogen (secondary N) is 1. The van der Waals surface area contributed by atoms with Crippen molar-refractivity contribution in [1.82, 2.24) is 0 Å². The van der Waals surface area contributed by atoms with E-state index in [1.165, 1.54) is 16.8 Å². The molecule has 15 heavy (non-hydrogen) atoms. The van der Waals surface area contributed by atoms with Crippen LogP contribution < -0.4 is 5.32 Å². The third-order valence-electron chi connectivity index (χ3n) is 3.08. The first-order chi connectivity index (χ1) is 7.28. The third kappa shape index (κ3) is 1.23. The molecule has 1 unspecified atom stereocenters. The lowest BCUT2D eigenvalue weighted by Crippen LogP contribution is -2.37. The highest BCUT2D eigenvalue weighted by atomic mass is 15.0. The molecule has 3 rings (SSSR count). The van der Waals surface area contributed by atoms with Crippen LogP contribution in [0, 0.1) is 0 Å². The van der Waals surface area contributed by atoms with Gasteiger partial charge in [0.2, 0.25) is 0 Å². The molecule has 0 amide bonds. The van der Waals surface area contributed by atoms with E-state index in [0.717, 1.165) is 0 Å². The van der Waals surface area contributed by atoms with Gasteiger partial charge in [0, 0.05) is 5.69 Å². The number of benzene rings is 1. The predicted molar refractivity (Wildman–Crippen MR) is 64.7 cm³/mol. The Morgan fingerprint density at radius 3 is 2.93 bits per heavy atom. The van der Waals surface area contributed by atoms with Crippen molar-refractivity contribution in [2.45, 2.75) is 12.5 Å². The summed E-state index contributed by atoms with van der Waals surface area (Å²) in [6.07, 6.45) is 10.8. The van der Waals surface area contributed by atoms with E-state index in [0.29, 0.717) is 0 Å². The fraction of sp³-hybridized carbons (Fsp3) is 0.143. The van der Waals surface area contributed by atoms with Crippen LogP contribution in [0.4, 0.5) is 5.69 Å². The van der Waals surface area contributed by atoms with Gasteiger partial charge in [0.1, 0.15) is 0 Å². The van der Waals surface area contributed by atoms with Gasteiger partial charge in [-0.25, -0.2) is 0 Å². The number of allylic oxidation sites excluding steroid dienone is 2. The maximum Gasteiger partial charge on any atom is 0.0784 e. The summed E-state index contributed by atoms with van der Waals surface area (Å²) < 4.78 is 0. The van der Waals surface area contributed by atoms with E-state index >= 15 is 0 Å². The molecule has 74 valence electrons. The Bertz CT molecular complexity index is 494. The Labute approximate surface area is 89.8 Å². The van der Waals surface area contributed by atoms with Crippen molar-refractivity contribution in [1.29, 1.82) is 0 Å². The first-order valence-electron chi connectivity index (χ1n) is 5.23. The first kappa shape index (κ1) is 8.54. The predicted octanol–water partition coefficient (Wildman–Crippen LogP) is 3.38. The highest BCUT2D eigenvalue weighted by molar-refractivity contribution is 5.78. The van der Waals surface area contributed by atoms with Crippen LogP contribution in [0.1, 0.15) is 12.5 Å². The summed E-state index contributed by atoms with van der Waals surface area (Å²) >= 11 is 0. The van der Waals surface area contributed by atoms with Gasteiger partial charge in [-0.1, -0.05) is 42.5 Å². The minimum atomic E-state index is -0.0386. The Kier molecular flexibility index (Phi) is 1.63. The van der Waals surface area contributed by atoms with E-state index in [4.69, 9.17) is 0 Å². The Balaban J connectivity index is 2.19. The Morgan fingerprint density at radius 1 is 1.13 bits per heavy atom. The van der Waals surface area contributed by atoms with Crippen LogP contribution in [0.3, 0.4) is 0 Å². The summed E-state index contributed by atoms with van der Waals surface area (Å²) in [4.78, 5) is 0. The molecule has 0 fully saturated rings. The molecule has 2 aliphatic rings. The Hall–Kier alpha value is -1.76. The van der Waals surface area contributed by atoms with Crippen LogP contribution in [0.25, 0.3) is 6.08 Å². The molecule has 0 saturated heterocycles. The number of anilines is 1. The summed E-state index contributed by atoms with van der Waals surface area (Å²) in [5.74, 6) is 0.